The highest BCUT2D eigenvalue weighted by Crippen LogP contribution is 2.23. The molecule has 0 unspecified atom stereocenters. The molecule has 0 atom stereocenters. The molecular weight excluding hydrogens is 282 g/mol. The molecule has 106 valence electrons. The van der Waals surface area contributed by atoms with Crippen molar-refractivity contribution in [1.82, 2.24) is 25.2 Å². The van der Waals surface area contributed by atoms with E-state index in [1.807, 2.05) is 24.4 Å². The van der Waals surface area contributed by atoms with E-state index in [2.05, 4.69) is 46.5 Å². The van der Waals surface area contributed by atoms with E-state index < -0.39 is 0 Å². The smallest absolute Gasteiger partial charge is 0.214 e. The van der Waals surface area contributed by atoms with Gasteiger partial charge in [0.25, 0.3) is 0 Å². The van der Waals surface area contributed by atoms with E-state index in [0.717, 1.165) is 22.2 Å². The molecule has 0 bridgehead atoms. The molecule has 3 aromatic rings. The van der Waals surface area contributed by atoms with Crippen molar-refractivity contribution in [1.29, 1.82) is 0 Å². The first-order valence-corrected chi connectivity index (χ1v) is 7.60. The number of hydrogen-bond donors (Lipinski definition) is 0. The van der Waals surface area contributed by atoms with Gasteiger partial charge in [-0.3, -0.25) is 4.98 Å². The predicted octanol–water partition coefficient (Wildman–Crippen LogP) is 2.97. The van der Waals surface area contributed by atoms with Crippen molar-refractivity contribution in [3.8, 4) is 5.69 Å². The molecule has 0 radical (unpaired) electrons. The molecule has 0 amide bonds. The number of aryl methyl sites for hydroxylation is 2. The lowest BCUT2D eigenvalue weighted by atomic mass is 10.1. The minimum absolute atomic E-state index is 0.780. The van der Waals surface area contributed by atoms with Crippen LogP contribution in [0.1, 0.15) is 16.7 Å². The van der Waals surface area contributed by atoms with Gasteiger partial charge in [-0.1, -0.05) is 23.9 Å². The van der Waals surface area contributed by atoms with Gasteiger partial charge in [-0.25, -0.2) is 0 Å². The lowest BCUT2D eigenvalue weighted by Gasteiger charge is -2.06. The van der Waals surface area contributed by atoms with Crippen LogP contribution in [0.5, 0.6) is 0 Å². The number of thioether (sulfide) groups is 1. The lowest BCUT2D eigenvalue weighted by molar-refractivity contribution is 0.755. The third-order valence-corrected chi connectivity index (χ3v) is 4.26. The van der Waals surface area contributed by atoms with Crippen LogP contribution in [-0.4, -0.2) is 25.2 Å². The second-order valence-electron chi connectivity index (χ2n) is 4.79. The van der Waals surface area contributed by atoms with Crippen molar-refractivity contribution in [2.45, 2.75) is 24.8 Å². The summed E-state index contributed by atoms with van der Waals surface area (Å²) in [6, 6.07) is 10.2. The van der Waals surface area contributed by atoms with Gasteiger partial charge in [0.05, 0.1) is 5.69 Å². The summed E-state index contributed by atoms with van der Waals surface area (Å²) in [4.78, 5) is 4.11. The van der Waals surface area contributed by atoms with Gasteiger partial charge in [0.1, 0.15) is 0 Å². The number of benzene rings is 1. The summed E-state index contributed by atoms with van der Waals surface area (Å²) in [5.41, 5.74) is 4.62. The maximum absolute atomic E-state index is 4.11. The van der Waals surface area contributed by atoms with E-state index in [9.17, 15) is 0 Å². The van der Waals surface area contributed by atoms with Crippen molar-refractivity contribution >= 4 is 11.8 Å². The molecule has 2 heterocycles. The topological polar surface area (TPSA) is 56.5 Å². The molecule has 0 aliphatic rings. The quantitative estimate of drug-likeness (QED) is 0.693. The molecule has 0 spiro atoms. The summed E-state index contributed by atoms with van der Waals surface area (Å²) >= 11 is 1.60. The van der Waals surface area contributed by atoms with Crippen molar-refractivity contribution in [2.75, 3.05) is 0 Å². The number of tetrazole rings is 1. The average Bonchev–Trinajstić information content (AvgIpc) is 2.97. The standard InChI is InChI=1S/C15H15N5S/c1-11-5-6-14(8-12(11)2)20-15(17-18-19-20)21-10-13-4-3-7-16-9-13/h3-9H,10H2,1-2H3. The molecule has 3 rings (SSSR count). The molecule has 0 N–H and O–H groups in total. The van der Waals surface area contributed by atoms with Gasteiger partial charge in [0, 0.05) is 18.1 Å². The highest BCUT2D eigenvalue weighted by Gasteiger charge is 2.10. The molecule has 0 saturated heterocycles. The molecule has 21 heavy (non-hydrogen) atoms. The highest BCUT2D eigenvalue weighted by molar-refractivity contribution is 7.98. The van der Waals surface area contributed by atoms with Crippen LogP contribution in [0.25, 0.3) is 5.69 Å². The van der Waals surface area contributed by atoms with E-state index in [-0.39, 0.29) is 0 Å². The monoisotopic (exact) mass is 297 g/mol. The third kappa shape index (κ3) is 3.11. The Morgan fingerprint density at radius 1 is 1.14 bits per heavy atom. The van der Waals surface area contributed by atoms with Gasteiger partial charge in [-0.2, -0.15) is 4.68 Å². The number of hydrogen-bond acceptors (Lipinski definition) is 5. The zero-order chi connectivity index (χ0) is 14.7. The van der Waals surface area contributed by atoms with Crippen LogP contribution in [0.15, 0.2) is 47.9 Å². The second-order valence-corrected chi connectivity index (χ2v) is 5.73. The number of pyridine rings is 1. The number of aromatic nitrogens is 5. The van der Waals surface area contributed by atoms with Crippen LogP contribution in [0.3, 0.4) is 0 Å². The molecule has 0 fully saturated rings. The van der Waals surface area contributed by atoms with Crippen LogP contribution in [0.2, 0.25) is 0 Å². The van der Waals surface area contributed by atoms with Gasteiger partial charge >= 0.3 is 0 Å². The fourth-order valence-electron chi connectivity index (χ4n) is 1.92. The summed E-state index contributed by atoms with van der Waals surface area (Å²) < 4.78 is 1.77. The van der Waals surface area contributed by atoms with Crippen molar-refractivity contribution in [3.05, 3.63) is 59.4 Å². The SMILES string of the molecule is Cc1ccc(-n2nnnc2SCc2cccnc2)cc1C. The van der Waals surface area contributed by atoms with Crippen LogP contribution in [0.4, 0.5) is 0 Å². The Kier molecular flexibility index (Phi) is 3.96. The van der Waals surface area contributed by atoms with Gasteiger partial charge in [-0.05, 0) is 59.2 Å². The first-order chi connectivity index (χ1) is 10.2. The van der Waals surface area contributed by atoms with E-state index >= 15 is 0 Å². The zero-order valence-corrected chi connectivity index (χ0v) is 12.7. The number of rotatable bonds is 4. The Bertz CT molecular complexity index is 739. The molecule has 0 saturated carbocycles. The van der Waals surface area contributed by atoms with Gasteiger partial charge < -0.3 is 0 Å². The molecule has 0 aliphatic heterocycles. The van der Waals surface area contributed by atoms with Crippen LogP contribution >= 0.6 is 11.8 Å². The summed E-state index contributed by atoms with van der Waals surface area (Å²) in [5.74, 6) is 0.791. The van der Waals surface area contributed by atoms with Crippen molar-refractivity contribution in [3.63, 3.8) is 0 Å². The Balaban J connectivity index is 1.82. The molecule has 1 aromatic carbocycles. The predicted molar refractivity (Wildman–Crippen MR) is 82.4 cm³/mol. The minimum Gasteiger partial charge on any atom is -0.264 e. The normalized spacial score (nSPS) is 10.8. The van der Waals surface area contributed by atoms with E-state index in [4.69, 9.17) is 0 Å². The molecule has 6 heteroatoms. The minimum atomic E-state index is 0.780. The Hall–Kier alpha value is -2.21. The van der Waals surface area contributed by atoms with E-state index in [1.165, 1.54) is 11.1 Å². The average molecular weight is 297 g/mol. The molecule has 0 aliphatic carbocycles. The van der Waals surface area contributed by atoms with Crippen LogP contribution in [-0.2, 0) is 5.75 Å². The summed E-state index contributed by atoms with van der Waals surface area (Å²) in [6.45, 7) is 4.18. The summed E-state index contributed by atoms with van der Waals surface area (Å²) in [7, 11) is 0. The third-order valence-electron chi connectivity index (χ3n) is 3.27. The van der Waals surface area contributed by atoms with Crippen LogP contribution in [0, 0.1) is 13.8 Å². The molecule has 5 nitrogen and oxygen atoms in total. The molecular formula is C15H15N5S. The summed E-state index contributed by atoms with van der Waals surface area (Å²) in [5, 5.41) is 12.8. The number of nitrogens with zero attached hydrogens (tertiary/aromatic N) is 5. The fraction of sp³-hybridized carbons (Fsp3) is 0.200. The van der Waals surface area contributed by atoms with E-state index in [1.54, 1.807) is 22.6 Å². The maximum Gasteiger partial charge on any atom is 0.214 e. The summed E-state index contributed by atoms with van der Waals surface area (Å²) in [6.07, 6.45) is 3.63. The highest BCUT2D eigenvalue weighted by atomic mass is 32.2. The Morgan fingerprint density at radius 3 is 2.81 bits per heavy atom. The largest absolute Gasteiger partial charge is 0.264 e. The first-order valence-electron chi connectivity index (χ1n) is 6.62. The molecule has 2 aromatic heterocycles. The van der Waals surface area contributed by atoms with E-state index in [0.29, 0.717) is 0 Å². The van der Waals surface area contributed by atoms with Crippen molar-refractivity contribution < 1.29 is 0 Å². The van der Waals surface area contributed by atoms with Crippen molar-refractivity contribution in [2.24, 2.45) is 0 Å². The van der Waals surface area contributed by atoms with Gasteiger partial charge in [-0.15, -0.1) is 5.10 Å². The van der Waals surface area contributed by atoms with Gasteiger partial charge in [0.15, 0.2) is 0 Å². The second kappa shape index (κ2) is 6.05. The van der Waals surface area contributed by atoms with Gasteiger partial charge in [0.2, 0.25) is 5.16 Å². The van der Waals surface area contributed by atoms with Crippen LogP contribution < -0.4 is 0 Å². The Labute approximate surface area is 127 Å². The Morgan fingerprint density at radius 2 is 2.05 bits per heavy atom. The zero-order valence-electron chi connectivity index (χ0n) is 11.9. The fourth-order valence-corrected chi connectivity index (χ4v) is 2.74. The first kappa shape index (κ1) is 13.8. The lowest BCUT2D eigenvalue weighted by Crippen LogP contribution is -2.00. The maximum atomic E-state index is 4.11.